The molecule has 2 amide bonds. The molecule has 0 radical (unpaired) electrons. The number of carbonyl (C=O) groups is 2. The summed E-state index contributed by atoms with van der Waals surface area (Å²) in [7, 11) is 0. The number of nitrogens with zero attached hydrogens (tertiary/aromatic N) is 2. The summed E-state index contributed by atoms with van der Waals surface area (Å²) >= 11 is 0. The maximum atomic E-state index is 13.1. The number of hydrogen-bond donors (Lipinski definition) is 1. The Hall–Kier alpha value is -2.96. The third-order valence-corrected chi connectivity index (χ3v) is 3.92. The molecule has 7 heteroatoms. The van der Waals surface area contributed by atoms with Gasteiger partial charge in [0.05, 0.1) is 0 Å². The van der Waals surface area contributed by atoms with Crippen molar-refractivity contribution in [1.82, 2.24) is 14.8 Å². The number of amides is 2. The minimum absolute atomic E-state index is 0.148. The van der Waals surface area contributed by atoms with E-state index in [1.807, 2.05) is 0 Å². The van der Waals surface area contributed by atoms with E-state index < -0.39 is 11.9 Å². The quantitative estimate of drug-likeness (QED) is 0.900. The molecule has 1 aromatic carbocycles. The first-order valence-corrected chi connectivity index (χ1v) is 7.54. The lowest BCUT2D eigenvalue weighted by molar-refractivity contribution is -0.144. The molecule has 0 bridgehead atoms. The zero-order valence-corrected chi connectivity index (χ0v) is 12.8. The molecule has 2 heterocycles. The number of hydrogen-bond acceptors (Lipinski definition) is 3. The molecule has 1 aliphatic heterocycles. The van der Waals surface area contributed by atoms with Crippen LogP contribution in [0.25, 0.3) is 0 Å². The van der Waals surface area contributed by atoms with Gasteiger partial charge < -0.3 is 14.8 Å². The molecule has 0 spiro atoms. The fourth-order valence-corrected chi connectivity index (χ4v) is 2.74. The highest BCUT2D eigenvalue weighted by atomic mass is 19.1. The average molecular weight is 329 g/mol. The minimum atomic E-state index is -0.828. The van der Waals surface area contributed by atoms with Crippen LogP contribution in [0.4, 0.5) is 4.39 Å². The fourth-order valence-electron chi connectivity index (χ4n) is 2.74. The third-order valence-electron chi connectivity index (χ3n) is 3.92. The topological polar surface area (TPSA) is 71.4 Å². The van der Waals surface area contributed by atoms with Crippen molar-refractivity contribution in [3.05, 3.63) is 70.4 Å². The molecular formula is C17H16FN3O3. The summed E-state index contributed by atoms with van der Waals surface area (Å²) < 4.78 is 14.4. The first-order chi connectivity index (χ1) is 11.6. The second-order valence-corrected chi connectivity index (χ2v) is 5.50. The Morgan fingerprint density at radius 2 is 1.92 bits per heavy atom. The van der Waals surface area contributed by atoms with Crippen LogP contribution in [0, 0.1) is 5.82 Å². The fraction of sp³-hybridized carbons (Fsp3) is 0.235. The average Bonchev–Trinajstić information content (AvgIpc) is 2.58. The number of pyridine rings is 1. The van der Waals surface area contributed by atoms with E-state index in [2.05, 4.69) is 5.32 Å². The highest BCUT2D eigenvalue weighted by molar-refractivity contribution is 5.89. The summed E-state index contributed by atoms with van der Waals surface area (Å²) in [6, 6.07) is 9.27. The largest absolute Gasteiger partial charge is 0.352 e. The lowest BCUT2D eigenvalue weighted by Crippen LogP contribution is -2.53. The van der Waals surface area contributed by atoms with Gasteiger partial charge in [0.1, 0.15) is 18.4 Å². The van der Waals surface area contributed by atoms with Gasteiger partial charge in [-0.1, -0.05) is 18.2 Å². The molecule has 1 saturated heterocycles. The number of aromatic nitrogens is 1. The molecule has 1 aliphatic rings. The van der Waals surface area contributed by atoms with Gasteiger partial charge in [0.15, 0.2) is 0 Å². The van der Waals surface area contributed by atoms with Crippen LogP contribution in [0.5, 0.6) is 0 Å². The van der Waals surface area contributed by atoms with Gasteiger partial charge in [0.25, 0.3) is 5.56 Å². The minimum Gasteiger partial charge on any atom is -0.352 e. The van der Waals surface area contributed by atoms with E-state index in [0.717, 1.165) is 0 Å². The standard InChI is InChI=1S/C17H16FN3O3/c18-13-6-4-12(5-7-13)16-17(24)19-8-10-21(16)15(23)11-20-9-2-1-3-14(20)22/h1-7,9,16H,8,10-11H2,(H,19,24)/t16-/m0/s1. The van der Waals surface area contributed by atoms with Crippen LogP contribution in [0.3, 0.4) is 0 Å². The Bertz CT molecular complexity index is 816. The van der Waals surface area contributed by atoms with Crippen molar-refractivity contribution in [1.29, 1.82) is 0 Å². The van der Waals surface area contributed by atoms with Crippen LogP contribution in [-0.2, 0) is 16.1 Å². The Balaban J connectivity index is 1.87. The van der Waals surface area contributed by atoms with Crippen molar-refractivity contribution in [2.45, 2.75) is 12.6 Å². The zero-order valence-electron chi connectivity index (χ0n) is 12.8. The molecule has 1 N–H and O–H groups in total. The highest BCUT2D eigenvalue weighted by Crippen LogP contribution is 2.24. The Kier molecular flexibility index (Phi) is 4.41. The predicted octanol–water partition coefficient (Wildman–Crippen LogP) is 0.687. The van der Waals surface area contributed by atoms with E-state index in [4.69, 9.17) is 0 Å². The molecule has 1 fully saturated rings. The van der Waals surface area contributed by atoms with Crippen molar-refractivity contribution in [2.75, 3.05) is 13.1 Å². The number of carbonyl (C=O) groups excluding carboxylic acids is 2. The lowest BCUT2D eigenvalue weighted by atomic mass is 10.0. The monoisotopic (exact) mass is 329 g/mol. The molecule has 3 rings (SSSR count). The van der Waals surface area contributed by atoms with Crippen LogP contribution in [0.15, 0.2) is 53.5 Å². The second kappa shape index (κ2) is 6.66. The van der Waals surface area contributed by atoms with Gasteiger partial charge >= 0.3 is 0 Å². The summed E-state index contributed by atoms with van der Waals surface area (Å²) in [5.41, 5.74) is 0.244. The number of piperazine rings is 1. The maximum Gasteiger partial charge on any atom is 0.250 e. The Morgan fingerprint density at radius 1 is 1.17 bits per heavy atom. The van der Waals surface area contributed by atoms with Crippen molar-refractivity contribution in [3.8, 4) is 0 Å². The van der Waals surface area contributed by atoms with E-state index >= 15 is 0 Å². The molecule has 124 valence electrons. The number of halogens is 1. The van der Waals surface area contributed by atoms with Gasteiger partial charge in [-0.3, -0.25) is 14.4 Å². The highest BCUT2D eigenvalue weighted by Gasteiger charge is 2.34. The smallest absolute Gasteiger partial charge is 0.250 e. The van der Waals surface area contributed by atoms with Crippen molar-refractivity contribution in [3.63, 3.8) is 0 Å². The predicted molar refractivity (Wildman–Crippen MR) is 84.6 cm³/mol. The van der Waals surface area contributed by atoms with Crippen LogP contribution in [0.1, 0.15) is 11.6 Å². The molecule has 1 aromatic heterocycles. The van der Waals surface area contributed by atoms with Crippen LogP contribution in [0.2, 0.25) is 0 Å². The first kappa shape index (κ1) is 15.9. The van der Waals surface area contributed by atoms with Crippen molar-refractivity contribution in [2.24, 2.45) is 0 Å². The number of nitrogens with one attached hydrogen (secondary N) is 1. The SMILES string of the molecule is O=C1NCCN(C(=O)Cn2ccccc2=O)[C@H]1c1ccc(F)cc1. The normalized spacial score (nSPS) is 17.5. The van der Waals surface area contributed by atoms with Crippen molar-refractivity contribution >= 4 is 11.8 Å². The van der Waals surface area contributed by atoms with Crippen LogP contribution < -0.4 is 10.9 Å². The molecule has 2 aromatic rings. The lowest BCUT2D eigenvalue weighted by Gasteiger charge is -2.35. The number of benzene rings is 1. The number of rotatable bonds is 3. The maximum absolute atomic E-state index is 13.1. The van der Waals surface area contributed by atoms with Gasteiger partial charge in [-0.05, 0) is 23.8 Å². The zero-order chi connectivity index (χ0) is 17.1. The molecule has 0 aliphatic carbocycles. The van der Waals surface area contributed by atoms with E-state index in [9.17, 15) is 18.8 Å². The molecule has 1 atom stereocenters. The van der Waals surface area contributed by atoms with Crippen LogP contribution >= 0.6 is 0 Å². The van der Waals surface area contributed by atoms with Gasteiger partial charge in [-0.15, -0.1) is 0 Å². The van der Waals surface area contributed by atoms with E-state index in [-0.39, 0.29) is 23.9 Å². The molecule has 0 saturated carbocycles. The van der Waals surface area contributed by atoms with Crippen LogP contribution in [-0.4, -0.2) is 34.4 Å². The summed E-state index contributed by atoms with van der Waals surface area (Å²) in [5, 5.41) is 2.71. The van der Waals surface area contributed by atoms with Gasteiger partial charge in [0.2, 0.25) is 11.8 Å². The van der Waals surface area contributed by atoms with Gasteiger partial charge in [0, 0.05) is 25.4 Å². The van der Waals surface area contributed by atoms with Gasteiger partial charge in [-0.25, -0.2) is 4.39 Å². The summed E-state index contributed by atoms with van der Waals surface area (Å²) in [6.07, 6.45) is 1.52. The summed E-state index contributed by atoms with van der Waals surface area (Å²) in [6.45, 7) is 0.519. The first-order valence-electron chi connectivity index (χ1n) is 7.54. The molecule has 6 nitrogen and oxygen atoms in total. The Labute approximate surface area is 137 Å². The van der Waals surface area contributed by atoms with E-state index in [0.29, 0.717) is 18.7 Å². The second-order valence-electron chi connectivity index (χ2n) is 5.50. The summed E-state index contributed by atoms with van der Waals surface area (Å²) in [5.74, 6) is -1.07. The van der Waals surface area contributed by atoms with E-state index in [1.165, 1.54) is 46.0 Å². The van der Waals surface area contributed by atoms with E-state index in [1.54, 1.807) is 12.1 Å². The Morgan fingerprint density at radius 3 is 2.62 bits per heavy atom. The van der Waals surface area contributed by atoms with Crippen molar-refractivity contribution < 1.29 is 14.0 Å². The van der Waals surface area contributed by atoms with Gasteiger partial charge in [-0.2, -0.15) is 0 Å². The molecular weight excluding hydrogens is 313 g/mol. The molecule has 24 heavy (non-hydrogen) atoms. The summed E-state index contributed by atoms with van der Waals surface area (Å²) in [4.78, 5) is 38.1. The third kappa shape index (κ3) is 3.19. The molecule has 0 unspecified atom stereocenters.